The number of rotatable bonds is 3. The number of benzene rings is 1. The number of hydrogen-bond acceptors (Lipinski definition) is 4. The van der Waals surface area contributed by atoms with Gasteiger partial charge in [-0.25, -0.2) is 0 Å². The van der Waals surface area contributed by atoms with Crippen molar-refractivity contribution in [3.8, 4) is 6.07 Å². The van der Waals surface area contributed by atoms with Crippen LogP contribution in [-0.4, -0.2) is 11.2 Å². The zero-order valence-corrected chi connectivity index (χ0v) is 9.04. The second-order valence-corrected chi connectivity index (χ2v) is 3.34. The molecule has 0 bridgehead atoms. The Labute approximate surface area is 99.2 Å². The molecular formula is C13H10N4. The third-order valence-electron chi connectivity index (χ3n) is 2.13. The van der Waals surface area contributed by atoms with E-state index in [2.05, 4.69) is 21.6 Å². The topological polar surface area (TPSA) is 61.1 Å². The quantitative estimate of drug-likeness (QED) is 0.640. The minimum atomic E-state index is 0.633. The number of pyridine rings is 1. The van der Waals surface area contributed by atoms with Crippen LogP contribution >= 0.6 is 0 Å². The Kier molecular flexibility index (Phi) is 3.46. The first-order chi connectivity index (χ1) is 8.38. The Morgan fingerprint density at radius 1 is 1.12 bits per heavy atom. The first-order valence-corrected chi connectivity index (χ1v) is 5.08. The molecule has 2 aromatic rings. The molecule has 1 aromatic carbocycles. The van der Waals surface area contributed by atoms with Crippen LogP contribution in [0.25, 0.3) is 0 Å². The van der Waals surface area contributed by atoms with Crippen LogP contribution in [0.1, 0.15) is 11.1 Å². The number of nitrogens with one attached hydrogen (secondary N) is 1. The van der Waals surface area contributed by atoms with Gasteiger partial charge in [0, 0.05) is 12.4 Å². The van der Waals surface area contributed by atoms with Gasteiger partial charge in [-0.05, 0) is 42.0 Å². The van der Waals surface area contributed by atoms with Gasteiger partial charge in [-0.2, -0.15) is 10.4 Å². The molecule has 1 aromatic heterocycles. The van der Waals surface area contributed by atoms with Gasteiger partial charge in [-0.15, -0.1) is 0 Å². The van der Waals surface area contributed by atoms with Gasteiger partial charge < -0.3 is 0 Å². The summed E-state index contributed by atoms with van der Waals surface area (Å²) in [4.78, 5) is 3.92. The highest BCUT2D eigenvalue weighted by molar-refractivity contribution is 5.79. The van der Waals surface area contributed by atoms with Crippen LogP contribution in [0, 0.1) is 11.3 Å². The molecule has 0 fully saturated rings. The van der Waals surface area contributed by atoms with E-state index in [0.29, 0.717) is 5.56 Å². The molecule has 4 heteroatoms. The van der Waals surface area contributed by atoms with Crippen molar-refractivity contribution in [3.05, 3.63) is 59.9 Å². The third kappa shape index (κ3) is 3.14. The van der Waals surface area contributed by atoms with Crippen LogP contribution < -0.4 is 5.43 Å². The first-order valence-electron chi connectivity index (χ1n) is 5.08. The average Bonchev–Trinajstić information content (AvgIpc) is 2.41. The van der Waals surface area contributed by atoms with Crippen molar-refractivity contribution in [1.82, 2.24) is 4.98 Å². The minimum absolute atomic E-state index is 0.633. The first kappa shape index (κ1) is 10.8. The molecule has 1 N–H and O–H groups in total. The maximum absolute atomic E-state index is 8.65. The van der Waals surface area contributed by atoms with E-state index in [1.807, 2.05) is 24.3 Å². The molecule has 2 rings (SSSR count). The number of hydrazone groups is 1. The number of aromatic nitrogens is 1. The van der Waals surface area contributed by atoms with E-state index in [-0.39, 0.29) is 0 Å². The molecule has 0 unspecified atom stereocenters. The lowest BCUT2D eigenvalue weighted by Gasteiger charge is -1.99. The molecule has 0 saturated carbocycles. The second-order valence-electron chi connectivity index (χ2n) is 3.34. The molecule has 4 nitrogen and oxygen atoms in total. The van der Waals surface area contributed by atoms with Crippen molar-refractivity contribution in [2.45, 2.75) is 0 Å². The fourth-order valence-corrected chi connectivity index (χ4v) is 1.25. The summed E-state index contributed by atoms with van der Waals surface area (Å²) in [5.74, 6) is 0. The molecule has 0 amide bonds. The Morgan fingerprint density at radius 2 is 1.82 bits per heavy atom. The highest BCUT2D eigenvalue weighted by atomic mass is 15.3. The van der Waals surface area contributed by atoms with Gasteiger partial charge in [-0.3, -0.25) is 10.4 Å². The van der Waals surface area contributed by atoms with Crippen LogP contribution in [0.4, 0.5) is 5.69 Å². The molecule has 0 aliphatic heterocycles. The van der Waals surface area contributed by atoms with Crippen molar-refractivity contribution >= 4 is 11.9 Å². The Bertz CT molecular complexity index is 538. The van der Waals surface area contributed by atoms with E-state index in [1.54, 1.807) is 30.7 Å². The molecule has 1 heterocycles. The van der Waals surface area contributed by atoms with E-state index in [1.165, 1.54) is 0 Å². The normalized spacial score (nSPS) is 10.1. The fourth-order valence-electron chi connectivity index (χ4n) is 1.25. The summed E-state index contributed by atoms with van der Waals surface area (Å²) in [7, 11) is 0. The molecule has 17 heavy (non-hydrogen) atoms. The summed E-state index contributed by atoms with van der Waals surface area (Å²) in [6.45, 7) is 0. The number of anilines is 1. The summed E-state index contributed by atoms with van der Waals surface area (Å²) in [5, 5.41) is 12.7. The summed E-state index contributed by atoms with van der Waals surface area (Å²) in [5.41, 5.74) is 5.33. The van der Waals surface area contributed by atoms with Crippen LogP contribution in [0.3, 0.4) is 0 Å². The molecule has 0 aliphatic rings. The smallest absolute Gasteiger partial charge is 0.0991 e. The number of hydrogen-bond donors (Lipinski definition) is 1. The van der Waals surface area contributed by atoms with Gasteiger partial charge in [0.05, 0.1) is 23.5 Å². The van der Waals surface area contributed by atoms with Crippen LogP contribution in [0.2, 0.25) is 0 Å². The largest absolute Gasteiger partial charge is 0.279 e. The van der Waals surface area contributed by atoms with E-state index < -0.39 is 0 Å². The van der Waals surface area contributed by atoms with E-state index in [0.717, 1.165) is 11.3 Å². The molecular weight excluding hydrogens is 212 g/mol. The van der Waals surface area contributed by atoms with Gasteiger partial charge in [0.15, 0.2) is 0 Å². The van der Waals surface area contributed by atoms with E-state index in [9.17, 15) is 0 Å². The summed E-state index contributed by atoms with van der Waals surface area (Å²) >= 11 is 0. The number of nitriles is 1. The molecule has 0 spiro atoms. The minimum Gasteiger partial charge on any atom is -0.279 e. The zero-order valence-electron chi connectivity index (χ0n) is 9.04. The monoisotopic (exact) mass is 222 g/mol. The standard InChI is InChI=1S/C13H10N4/c14-9-11-1-3-13(4-2-11)17-16-10-12-5-7-15-8-6-12/h1-8,10,17H/b16-10+. The summed E-state index contributed by atoms with van der Waals surface area (Å²) < 4.78 is 0. The van der Waals surface area contributed by atoms with Crippen molar-refractivity contribution in [2.24, 2.45) is 5.10 Å². The van der Waals surface area contributed by atoms with E-state index in [4.69, 9.17) is 5.26 Å². The van der Waals surface area contributed by atoms with Crippen molar-refractivity contribution < 1.29 is 0 Å². The Morgan fingerprint density at radius 3 is 2.47 bits per heavy atom. The van der Waals surface area contributed by atoms with Crippen molar-refractivity contribution in [2.75, 3.05) is 5.43 Å². The lowest BCUT2D eigenvalue weighted by Crippen LogP contribution is -1.90. The Balaban J connectivity index is 1.98. The maximum Gasteiger partial charge on any atom is 0.0991 e. The molecule has 82 valence electrons. The van der Waals surface area contributed by atoms with E-state index >= 15 is 0 Å². The van der Waals surface area contributed by atoms with Gasteiger partial charge >= 0.3 is 0 Å². The predicted molar refractivity (Wildman–Crippen MR) is 66.6 cm³/mol. The van der Waals surface area contributed by atoms with Crippen LogP contribution in [0.15, 0.2) is 53.9 Å². The molecule has 0 radical (unpaired) electrons. The lowest BCUT2D eigenvalue weighted by atomic mass is 10.2. The summed E-state index contributed by atoms with van der Waals surface area (Å²) in [6, 6.07) is 12.9. The van der Waals surface area contributed by atoms with Crippen LogP contribution in [0.5, 0.6) is 0 Å². The van der Waals surface area contributed by atoms with Gasteiger partial charge in [0.2, 0.25) is 0 Å². The maximum atomic E-state index is 8.65. The molecule has 0 aliphatic carbocycles. The fraction of sp³-hybridized carbons (Fsp3) is 0. The highest BCUT2D eigenvalue weighted by Gasteiger charge is 1.90. The summed E-state index contributed by atoms with van der Waals surface area (Å²) in [6.07, 6.45) is 5.13. The van der Waals surface area contributed by atoms with Crippen molar-refractivity contribution in [1.29, 1.82) is 5.26 Å². The molecule has 0 saturated heterocycles. The van der Waals surface area contributed by atoms with Gasteiger partial charge in [-0.1, -0.05) is 0 Å². The Hall–Kier alpha value is -2.67. The second kappa shape index (κ2) is 5.42. The average molecular weight is 222 g/mol. The predicted octanol–water partition coefficient (Wildman–Crippen LogP) is 2.40. The highest BCUT2D eigenvalue weighted by Crippen LogP contribution is 2.08. The number of nitrogens with zero attached hydrogens (tertiary/aromatic N) is 3. The van der Waals surface area contributed by atoms with Crippen LogP contribution in [-0.2, 0) is 0 Å². The van der Waals surface area contributed by atoms with Gasteiger partial charge in [0.25, 0.3) is 0 Å². The third-order valence-corrected chi connectivity index (χ3v) is 2.13. The van der Waals surface area contributed by atoms with Crippen molar-refractivity contribution in [3.63, 3.8) is 0 Å². The van der Waals surface area contributed by atoms with Gasteiger partial charge in [0.1, 0.15) is 0 Å². The zero-order chi connectivity index (χ0) is 11.9. The SMILES string of the molecule is N#Cc1ccc(N/N=C/c2ccncc2)cc1. The molecule has 0 atom stereocenters. The lowest BCUT2D eigenvalue weighted by molar-refractivity contribution is 1.31.